The molecular formula is CH2NOSZn. The summed E-state index contributed by atoms with van der Waals surface area (Å²) in [7, 11) is 0. The molecule has 0 aliphatic heterocycles. The first-order valence-corrected chi connectivity index (χ1v) is 2.92. The Labute approximate surface area is 45.5 Å². The van der Waals surface area contributed by atoms with Crippen LogP contribution in [0.15, 0.2) is 0 Å². The second-order valence-corrected chi connectivity index (χ2v) is 1.61. The monoisotopic (exact) mass is 140 g/mol. The number of thiocarbonyl (C=S) groups is 1. The zero-order valence-electron chi connectivity index (χ0n) is 2.56. The average Bonchev–Trinajstić information content (AvgIpc) is 1.38. The molecule has 0 aromatic carbocycles. The van der Waals surface area contributed by atoms with Crippen molar-refractivity contribution in [1.29, 1.82) is 0 Å². The molecular weight excluding hydrogens is 139 g/mol. The average molecular weight is 141 g/mol. The van der Waals surface area contributed by atoms with Crippen molar-refractivity contribution in [3.05, 3.63) is 0 Å². The van der Waals surface area contributed by atoms with Crippen LogP contribution < -0.4 is 4.06 Å². The number of rotatable bonds is 0. The number of nitrogens with one attached hydrogen (secondary N) is 1. The van der Waals surface area contributed by atoms with Crippen LogP contribution >= 0.6 is 12.2 Å². The topological polar surface area (TPSA) is 32.3 Å². The van der Waals surface area contributed by atoms with E-state index in [0.29, 0.717) is 0 Å². The van der Waals surface area contributed by atoms with Crippen molar-refractivity contribution in [2.24, 2.45) is 0 Å². The Bertz CT molecular complexity index is 46.9. The van der Waals surface area contributed by atoms with Gasteiger partial charge in [-0.25, -0.2) is 0 Å². The molecule has 2 nitrogen and oxygen atoms in total. The summed E-state index contributed by atoms with van der Waals surface area (Å²) < 4.78 is 2.44. The number of aliphatic hydroxyl groups excluding tert-OH is 1. The van der Waals surface area contributed by atoms with Crippen molar-refractivity contribution in [2.45, 2.75) is 0 Å². The molecule has 0 radical (unpaired) electrons. The summed E-state index contributed by atoms with van der Waals surface area (Å²) in [5.41, 5.74) is 0. The van der Waals surface area contributed by atoms with E-state index in [1.54, 1.807) is 0 Å². The fourth-order valence-corrected chi connectivity index (χ4v) is 0. The minimum atomic E-state index is -0.106. The molecule has 4 heteroatoms. The molecule has 0 rings (SSSR count). The van der Waals surface area contributed by atoms with E-state index in [0.717, 1.165) is 18.5 Å². The van der Waals surface area contributed by atoms with E-state index in [4.69, 9.17) is 5.11 Å². The Balaban J connectivity index is 2.85. The summed E-state index contributed by atoms with van der Waals surface area (Å²) in [6, 6.07) is 0. The molecule has 0 atom stereocenters. The molecule has 2 N–H and O–H groups in total. The van der Waals surface area contributed by atoms with Gasteiger partial charge in [-0.3, -0.25) is 0 Å². The van der Waals surface area contributed by atoms with Crippen LogP contribution in [0.2, 0.25) is 0 Å². The molecule has 0 aromatic rings. The fourth-order valence-electron chi connectivity index (χ4n) is 0. The van der Waals surface area contributed by atoms with E-state index in [1.165, 1.54) is 0 Å². The summed E-state index contributed by atoms with van der Waals surface area (Å²) in [6.45, 7) is 0. The van der Waals surface area contributed by atoms with Crippen LogP contribution in [0, 0.1) is 0 Å². The second kappa shape index (κ2) is 2.55. The van der Waals surface area contributed by atoms with Gasteiger partial charge in [-0.2, -0.15) is 0 Å². The van der Waals surface area contributed by atoms with E-state index >= 15 is 0 Å². The molecule has 0 bridgehead atoms. The van der Waals surface area contributed by atoms with Gasteiger partial charge in [0.05, 0.1) is 0 Å². The van der Waals surface area contributed by atoms with Gasteiger partial charge in [0.15, 0.2) is 0 Å². The third-order valence-electron chi connectivity index (χ3n) is 0.151. The van der Waals surface area contributed by atoms with Crippen molar-refractivity contribution >= 4 is 17.4 Å². The fraction of sp³-hybridized carbons (Fsp3) is 0. The van der Waals surface area contributed by atoms with Crippen LogP contribution in [0.1, 0.15) is 0 Å². The number of hydrogen-bond acceptors (Lipinski definition) is 1. The first-order valence-electron chi connectivity index (χ1n) is 1.03. The standard InChI is InChI=1S/CH3NOS.Zn/c2-1(3)4;/h(H3,2,3,4);/q;+1/p-1. The van der Waals surface area contributed by atoms with Crippen molar-refractivity contribution in [1.82, 2.24) is 4.06 Å². The number of aliphatic hydroxyl groups is 1. The van der Waals surface area contributed by atoms with Gasteiger partial charge in [0.1, 0.15) is 0 Å². The van der Waals surface area contributed by atoms with Crippen LogP contribution in [-0.2, 0) is 18.5 Å². The SMILES string of the molecule is OC(=S)[NH][Zn]. The predicted molar refractivity (Wildman–Crippen MR) is 18.4 cm³/mol. The van der Waals surface area contributed by atoms with Gasteiger partial charge in [0.2, 0.25) is 0 Å². The van der Waals surface area contributed by atoms with Gasteiger partial charge in [-0.1, -0.05) is 0 Å². The van der Waals surface area contributed by atoms with E-state index < -0.39 is 0 Å². The Hall–Kier alpha value is 0.313. The molecule has 0 saturated heterocycles. The maximum atomic E-state index is 8.01. The summed E-state index contributed by atoms with van der Waals surface area (Å²) >= 11 is 4.99. The van der Waals surface area contributed by atoms with E-state index in [2.05, 4.69) is 16.3 Å². The Morgan fingerprint density at radius 3 is 2.20 bits per heavy atom. The molecule has 0 spiro atoms. The molecule has 0 unspecified atom stereocenters. The van der Waals surface area contributed by atoms with E-state index in [-0.39, 0.29) is 5.17 Å². The Kier molecular flexibility index (Phi) is 2.70. The van der Waals surface area contributed by atoms with Gasteiger partial charge in [-0.15, -0.1) is 0 Å². The van der Waals surface area contributed by atoms with Crippen molar-refractivity contribution in [2.75, 3.05) is 0 Å². The molecule has 0 aromatic heterocycles. The third-order valence-corrected chi connectivity index (χ3v) is 1.54. The zero-order chi connectivity index (χ0) is 4.28. The molecule has 0 heterocycles. The Morgan fingerprint density at radius 1 is 2.00 bits per heavy atom. The molecule has 0 fully saturated rings. The minimum absolute atomic E-state index is 0.106. The molecule has 25 valence electrons. The van der Waals surface area contributed by atoms with Crippen LogP contribution in [0.3, 0.4) is 0 Å². The van der Waals surface area contributed by atoms with Gasteiger partial charge >= 0.3 is 45.1 Å². The van der Waals surface area contributed by atoms with Crippen LogP contribution in [0.4, 0.5) is 0 Å². The van der Waals surface area contributed by atoms with Gasteiger partial charge in [-0.05, 0) is 0 Å². The third kappa shape index (κ3) is 4.31. The van der Waals surface area contributed by atoms with E-state index in [1.807, 2.05) is 0 Å². The summed E-state index contributed by atoms with van der Waals surface area (Å²) in [5, 5.41) is 7.91. The summed E-state index contributed by atoms with van der Waals surface area (Å²) in [6.07, 6.45) is 0. The maximum absolute atomic E-state index is 8.01. The van der Waals surface area contributed by atoms with Crippen LogP contribution in [0.25, 0.3) is 0 Å². The molecule has 5 heavy (non-hydrogen) atoms. The van der Waals surface area contributed by atoms with E-state index in [9.17, 15) is 0 Å². The normalized spacial score (nSPS) is 6.80. The van der Waals surface area contributed by atoms with Gasteiger partial charge in [0.25, 0.3) is 0 Å². The number of hydrogen-bond donors (Lipinski definition) is 2. The molecule has 0 amide bonds. The quantitative estimate of drug-likeness (QED) is 0.365. The van der Waals surface area contributed by atoms with Crippen molar-refractivity contribution < 1.29 is 23.6 Å². The van der Waals surface area contributed by atoms with Gasteiger partial charge in [0, 0.05) is 0 Å². The molecule has 0 aliphatic rings. The summed E-state index contributed by atoms with van der Waals surface area (Å²) in [4.78, 5) is 0. The van der Waals surface area contributed by atoms with Crippen molar-refractivity contribution in [3.8, 4) is 0 Å². The van der Waals surface area contributed by atoms with Gasteiger partial charge < -0.3 is 0 Å². The van der Waals surface area contributed by atoms with Crippen molar-refractivity contribution in [3.63, 3.8) is 0 Å². The molecule has 0 aliphatic carbocycles. The second-order valence-electron chi connectivity index (χ2n) is 0.482. The van der Waals surface area contributed by atoms with Crippen LogP contribution in [0.5, 0.6) is 0 Å². The first kappa shape index (κ1) is 5.31. The predicted octanol–water partition coefficient (Wildman–Crippen LogP) is -0.119. The summed E-state index contributed by atoms with van der Waals surface area (Å²) in [5.74, 6) is 0. The molecule has 0 saturated carbocycles. The Morgan fingerprint density at radius 2 is 2.20 bits per heavy atom. The first-order chi connectivity index (χ1) is 2.27. The zero-order valence-corrected chi connectivity index (χ0v) is 6.35. The van der Waals surface area contributed by atoms with Crippen LogP contribution in [-0.4, -0.2) is 10.3 Å².